The number of hydrogen-bond donors (Lipinski definition) is 3. The van der Waals surface area contributed by atoms with Crippen molar-refractivity contribution < 1.29 is 17.2 Å². The van der Waals surface area contributed by atoms with Gasteiger partial charge in [0.05, 0.1) is 0 Å². The molecule has 1 atom stereocenters. The fraction of sp³-hybridized carbons (Fsp3) is 0.727. The van der Waals surface area contributed by atoms with Crippen molar-refractivity contribution in [3.05, 3.63) is 0 Å². The zero-order valence-corrected chi connectivity index (χ0v) is 9.83. The highest BCUT2D eigenvalue weighted by molar-refractivity contribution is 6.01. The number of hydrogen-bond acceptors (Lipinski definition) is 4. The number of nitrogens with one attached hydrogen (secondary N) is 2. The molecule has 1 saturated heterocycles. The second-order valence-electron chi connectivity index (χ2n) is 4.17. The fourth-order valence-corrected chi connectivity index (χ4v) is 1.70. The first-order chi connectivity index (χ1) is 8.13. The summed E-state index contributed by atoms with van der Waals surface area (Å²) in [6.07, 6.45) is 3.67. The van der Waals surface area contributed by atoms with E-state index in [9.17, 15) is 14.4 Å². The van der Waals surface area contributed by atoms with E-state index in [-0.39, 0.29) is 21.1 Å². The van der Waals surface area contributed by atoms with Gasteiger partial charge in [0.2, 0.25) is 17.7 Å². The highest BCUT2D eigenvalue weighted by Gasteiger charge is 2.27. The van der Waals surface area contributed by atoms with Crippen LogP contribution in [0, 0.1) is 0 Å². The molecule has 0 saturated carbocycles. The third-order valence-electron chi connectivity index (χ3n) is 2.68. The highest BCUT2D eigenvalue weighted by atomic mass is 16.2. The Kier molecular flexibility index (Phi) is 5.62. The lowest BCUT2D eigenvalue weighted by atomic mass is 10.1. The molecule has 1 aliphatic rings. The van der Waals surface area contributed by atoms with E-state index >= 15 is 0 Å². The minimum atomic E-state index is -0.560. The number of carbonyl (C=O) groups is 3. The molecule has 1 fully saturated rings. The van der Waals surface area contributed by atoms with Gasteiger partial charge in [-0.3, -0.25) is 19.7 Å². The largest absolute Gasteiger partial charge is 0.344 e. The average molecular weight is 245 g/mol. The molecule has 6 heteroatoms. The van der Waals surface area contributed by atoms with Crippen LogP contribution in [0.1, 0.15) is 41.4 Å². The van der Waals surface area contributed by atoms with Gasteiger partial charge in [-0.05, 0) is 25.8 Å². The van der Waals surface area contributed by atoms with Gasteiger partial charge in [0.25, 0.3) is 0 Å². The van der Waals surface area contributed by atoms with Gasteiger partial charge < -0.3 is 11.1 Å². The molecule has 0 spiro atoms. The SMILES string of the molecule is NCCCCCC(=O)NC1CCC(=O)NC1=O.[HH].[HH]. The smallest absolute Gasteiger partial charge is 0.249 e. The van der Waals surface area contributed by atoms with Crippen LogP contribution in [-0.4, -0.2) is 30.3 Å². The molecule has 100 valence electrons. The molecule has 0 aliphatic carbocycles. The van der Waals surface area contributed by atoms with Crippen molar-refractivity contribution in [2.75, 3.05) is 6.54 Å². The zero-order chi connectivity index (χ0) is 12.7. The van der Waals surface area contributed by atoms with Gasteiger partial charge >= 0.3 is 0 Å². The molecule has 0 bridgehead atoms. The monoisotopic (exact) mass is 245 g/mol. The van der Waals surface area contributed by atoms with Crippen LogP contribution in [0.2, 0.25) is 0 Å². The first-order valence-electron chi connectivity index (χ1n) is 5.96. The normalized spacial score (nSPS) is 19.9. The predicted molar refractivity (Wildman–Crippen MR) is 66.1 cm³/mol. The molecule has 17 heavy (non-hydrogen) atoms. The van der Waals surface area contributed by atoms with E-state index in [1.807, 2.05) is 0 Å². The van der Waals surface area contributed by atoms with Gasteiger partial charge in [-0.1, -0.05) is 6.42 Å². The molecule has 3 amide bonds. The number of carbonyl (C=O) groups excluding carboxylic acids is 3. The summed E-state index contributed by atoms with van der Waals surface area (Å²) in [6.45, 7) is 0.634. The average Bonchev–Trinajstić information content (AvgIpc) is 2.28. The maximum Gasteiger partial charge on any atom is 0.249 e. The Bertz CT molecular complexity index is 314. The van der Waals surface area contributed by atoms with Crippen LogP contribution in [0.5, 0.6) is 0 Å². The van der Waals surface area contributed by atoms with Gasteiger partial charge in [-0.15, -0.1) is 0 Å². The van der Waals surface area contributed by atoms with Crippen molar-refractivity contribution in [2.45, 2.75) is 44.6 Å². The van der Waals surface area contributed by atoms with Crippen LogP contribution < -0.4 is 16.4 Å². The lowest BCUT2D eigenvalue weighted by Crippen LogP contribution is -2.52. The van der Waals surface area contributed by atoms with E-state index in [4.69, 9.17) is 5.73 Å². The van der Waals surface area contributed by atoms with Crippen molar-refractivity contribution in [2.24, 2.45) is 5.73 Å². The van der Waals surface area contributed by atoms with Crippen LogP contribution in [0.3, 0.4) is 0 Å². The highest BCUT2D eigenvalue weighted by Crippen LogP contribution is 2.05. The molecule has 6 nitrogen and oxygen atoms in total. The first kappa shape index (κ1) is 13.6. The number of rotatable bonds is 6. The summed E-state index contributed by atoms with van der Waals surface area (Å²) in [5.41, 5.74) is 5.34. The van der Waals surface area contributed by atoms with Gasteiger partial charge in [0, 0.05) is 15.7 Å². The van der Waals surface area contributed by atoms with Gasteiger partial charge in [0.15, 0.2) is 0 Å². The maximum atomic E-state index is 11.5. The topological polar surface area (TPSA) is 101 Å². The lowest BCUT2D eigenvalue weighted by molar-refractivity contribution is -0.137. The summed E-state index contributed by atoms with van der Waals surface area (Å²) in [7, 11) is 0. The maximum absolute atomic E-state index is 11.5. The van der Waals surface area contributed by atoms with Crippen molar-refractivity contribution in [1.29, 1.82) is 0 Å². The Balaban J connectivity index is 0. The van der Waals surface area contributed by atoms with Crippen LogP contribution in [0.4, 0.5) is 0 Å². The number of imide groups is 1. The third-order valence-corrected chi connectivity index (χ3v) is 2.68. The van der Waals surface area contributed by atoms with Crippen LogP contribution in [0.15, 0.2) is 0 Å². The van der Waals surface area contributed by atoms with Crippen LogP contribution in [-0.2, 0) is 14.4 Å². The van der Waals surface area contributed by atoms with Crippen molar-refractivity contribution in [3.8, 4) is 0 Å². The lowest BCUT2D eigenvalue weighted by Gasteiger charge is -2.21. The summed E-state index contributed by atoms with van der Waals surface area (Å²) in [6, 6.07) is -0.560. The van der Waals surface area contributed by atoms with Gasteiger partial charge in [-0.25, -0.2) is 0 Å². The molecule has 0 aromatic heterocycles. The standard InChI is InChI=1S/C11H19N3O3.2H2/c12-7-3-1-2-4-9(15)13-8-5-6-10(16)14-11(8)17;;/h8H,1-7,12H2,(H,13,15)(H,14,16,17);2*1H. The summed E-state index contributed by atoms with van der Waals surface area (Å²) in [4.78, 5) is 33.7. The molecule has 0 aromatic carbocycles. The second-order valence-corrected chi connectivity index (χ2v) is 4.17. The number of nitrogens with two attached hydrogens (primary N) is 1. The third kappa shape index (κ3) is 4.95. The van der Waals surface area contributed by atoms with Crippen LogP contribution in [0.25, 0.3) is 0 Å². The van der Waals surface area contributed by atoms with Crippen molar-refractivity contribution in [1.82, 2.24) is 10.6 Å². The summed E-state index contributed by atoms with van der Waals surface area (Å²) >= 11 is 0. The van der Waals surface area contributed by atoms with E-state index in [0.29, 0.717) is 19.4 Å². The molecular formula is C11H23N3O3. The quantitative estimate of drug-likeness (QED) is 0.450. The van der Waals surface area contributed by atoms with Gasteiger partial charge in [0.1, 0.15) is 6.04 Å². The zero-order valence-electron chi connectivity index (χ0n) is 9.83. The first-order valence-corrected chi connectivity index (χ1v) is 5.96. The molecule has 1 unspecified atom stereocenters. The molecule has 1 rings (SSSR count). The molecule has 4 N–H and O–H groups in total. The Labute approximate surface area is 103 Å². The Morgan fingerprint density at radius 3 is 2.82 bits per heavy atom. The molecule has 1 heterocycles. The van der Waals surface area contributed by atoms with E-state index in [1.165, 1.54) is 0 Å². The van der Waals surface area contributed by atoms with Crippen molar-refractivity contribution >= 4 is 17.7 Å². The van der Waals surface area contributed by atoms with Gasteiger partial charge in [-0.2, -0.15) is 0 Å². The second kappa shape index (κ2) is 7.01. The minimum absolute atomic E-state index is 0. The summed E-state index contributed by atoms with van der Waals surface area (Å²) in [5.74, 6) is -0.823. The van der Waals surface area contributed by atoms with E-state index < -0.39 is 11.9 Å². The van der Waals surface area contributed by atoms with E-state index in [0.717, 1.165) is 19.3 Å². The predicted octanol–water partition coefficient (Wildman–Crippen LogP) is -0.0811. The summed E-state index contributed by atoms with van der Waals surface area (Å²) in [5, 5.41) is 4.83. The number of piperidine rings is 1. The summed E-state index contributed by atoms with van der Waals surface area (Å²) < 4.78 is 0. The fourth-order valence-electron chi connectivity index (χ4n) is 1.70. The molecule has 0 radical (unpaired) electrons. The van der Waals surface area contributed by atoms with E-state index in [1.54, 1.807) is 0 Å². The van der Waals surface area contributed by atoms with Crippen LogP contribution >= 0.6 is 0 Å². The van der Waals surface area contributed by atoms with Crippen molar-refractivity contribution in [3.63, 3.8) is 0 Å². The molecule has 0 aromatic rings. The van der Waals surface area contributed by atoms with E-state index in [2.05, 4.69) is 10.6 Å². The number of amides is 3. The molecule has 1 aliphatic heterocycles. The Hall–Kier alpha value is -1.43. The minimum Gasteiger partial charge on any atom is -0.344 e. The molecular weight excluding hydrogens is 222 g/mol. The number of unbranched alkanes of at least 4 members (excludes halogenated alkanes) is 2. The Morgan fingerprint density at radius 2 is 2.18 bits per heavy atom. The Morgan fingerprint density at radius 1 is 1.41 bits per heavy atom.